The first kappa shape index (κ1) is 11.9. The van der Waals surface area contributed by atoms with Crippen molar-refractivity contribution in [3.63, 3.8) is 0 Å². The smallest absolute Gasteiger partial charge is 0.133 e. The Hall–Kier alpha value is -1.56. The molecule has 0 saturated carbocycles. The Labute approximate surface area is 103 Å². The number of anilines is 1. The van der Waals surface area contributed by atoms with E-state index in [1.165, 1.54) is 30.5 Å². The molecule has 90 valence electrons. The lowest BCUT2D eigenvalue weighted by Gasteiger charge is -2.16. The van der Waals surface area contributed by atoms with Crippen molar-refractivity contribution in [2.45, 2.75) is 51.5 Å². The molecular weight excluding hydrogens is 210 g/mol. The van der Waals surface area contributed by atoms with E-state index in [-0.39, 0.29) is 6.04 Å². The summed E-state index contributed by atoms with van der Waals surface area (Å²) < 4.78 is 0. The molecule has 1 aliphatic carbocycles. The van der Waals surface area contributed by atoms with Gasteiger partial charge in [0.2, 0.25) is 0 Å². The van der Waals surface area contributed by atoms with Gasteiger partial charge in [-0.3, -0.25) is 0 Å². The standard InChI is InChI=1S/C14H19N3/c1-3-7-11(2)17-14-12-8-5-4-6-9-13(12)15-10-16-14/h1,10-11H,4-9H2,2H3,(H,15,16,17). The highest BCUT2D eigenvalue weighted by Gasteiger charge is 2.15. The molecule has 1 aromatic heterocycles. The molecule has 0 fully saturated rings. The van der Waals surface area contributed by atoms with Crippen molar-refractivity contribution in [1.29, 1.82) is 0 Å². The van der Waals surface area contributed by atoms with Gasteiger partial charge in [0, 0.05) is 23.7 Å². The lowest BCUT2D eigenvalue weighted by Crippen LogP contribution is -2.17. The van der Waals surface area contributed by atoms with Crippen LogP contribution in [0.15, 0.2) is 6.33 Å². The van der Waals surface area contributed by atoms with Crippen LogP contribution in [0.2, 0.25) is 0 Å². The van der Waals surface area contributed by atoms with Crippen LogP contribution in [-0.4, -0.2) is 16.0 Å². The largest absolute Gasteiger partial charge is 0.366 e. The molecule has 1 atom stereocenters. The van der Waals surface area contributed by atoms with E-state index in [1.54, 1.807) is 6.33 Å². The average molecular weight is 229 g/mol. The normalized spacial score (nSPS) is 16.5. The Balaban J connectivity index is 2.20. The van der Waals surface area contributed by atoms with Gasteiger partial charge in [-0.25, -0.2) is 9.97 Å². The fourth-order valence-electron chi connectivity index (χ4n) is 2.28. The summed E-state index contributed by atoms with van der Waals surface area (Å²) in [6.45, 7) is 2.09. The molecule has 17 heavy (non-hydrogen) atoms. The Kier molecular flexibility index (Phi) is 3.98. The fourth-order valence-corrected chi connectivity index (χ4v) is 2.28. The highest BCUT2D eigenvalue weighted by molar-refractivity contribution is 5.47. The zero-order valence-corrected chi connectivity index (χ0v) is 10.4. The van der Waals surface area contributed by atoms with Gasteiger partial charge in [-0.15, -0.1) is 12.3 Å². The zero-order chi connectivity index (χ0) is 12.1. The van der Waals surface area contributed by atoms with Gasteiger partial charge in [0.05, 0.1) is 0 Å². The van der Waals surface area contributed by atoms with Crippen LogP contribution in [0.3, 0.4) is 0 Å². The predicted octanol–water partition coefficient (Wildman–Crippen LogP) is 2.57. The molecule has 3 heteroatoms. The molecule has 1 N–H and O–H groups in total. The summed E-state index contributed by atoms with van der Waals surface area (Å²) in [5.41, 5.74) is 2.52. The van der Waals surface area contributed by atoms with Crippen LogP contribution in [-0.2, 0) is 12.8 Å². The minimum atomic E-state index is 0.266. The number of hydrogen-bond donors (Lipinski definition) is 1. The maximum Gasteiger partial charge on any atom is 0.133 e. The van der Waals surface area contributed by atoms with E-state index in [0.29, 0.717) is 0 Å². The summed E-state index contributed by atoms with van der Waals surface area (Å²) in [5.74, 6) is 3.66. The van der Waals surface area contributed by atoms with Crippen molar-refractivity contribution in [3.05, 3.63) is 17.6 Å². The lowest BCUT2D eigenvalue weighted by atomic mass is 10.1. The van der Waals surface area contributed by atoms with Gasteiger partial charge in [0.1, 0.15) is 12.1 Å². The van der Waals surface area contributed by atoms with Crippen molar-refractivity contribution < 1.29 is 0 Å². The average Bonchev–Trinajstić information content (AvgIpc) is 2.55. The number of terminal acetylenes is 1. The minimum Gasteiger partial charge on any atom is -0.366 e. The Morgan fingerprint density at radius 2 is 2.18 bits per heavy atom. The minimum absolute atomic E-state index is 0.266. The molecule has 1 unspecified atom stereocenters. The summed E-state index contributed by atoms with van der Waals surface area (Å²) in [7, 11) is 0. The first-order valence-electron chi connectivity index (χ1n) is 6.34. The van der Waals surface area contributed by atoms with Gasteiger partial charge in [0.15, 0.2) is 0 Å². The summed E-state index contributed by atoms with van der Waals surface area (Å²) in [4.78, 5) is 8.77. The second-order valence-corrected chi connectivity index (χ2v) is 4.66. The SMILES string of the molecule is C#CCC(C)Nc1ncnc2c1CCCCC2. The summed E-state index contributed by atoms with van der Waals surface area (Å²) >= 11 is 0. The maximum absolute atomic E-state index is 5.32. The van der Waals surface area contributed by atoms with Crippen LogP contribution in [0.25, 0.3) is 0 Å². The first-order chi connectivity index (χ1) is 8.31. The van der Waals surface area contributed by atoms with E-state index < -0.39 is 0 Å². The molecule has 1 aromatic rings. The number of aromatic nitrogens is 2. The highest BCUT2D eigenvalue weighted by Crippen LogP contribution is 2.24. The van der Waals surface area contributed by atoms with Gasteiger partial charge in [-0.2, -0.15) is 0 Å². The van der Waals surface area contributed by atoms with E-state index in [4.69, 9.17) is 6.42 Å². The number of fused-ring (bicyclic) bond motifs is 1. The van der Waals surface area contributed by atoms with Gasteiger partial charge in [-0.1, -0.05) is 6.42 Å². The van der Waals surface area contributed by atoms with Gasteiger partial charge in [-0.05, 0) is 32.6 Å². The van der Waals surface area contributed by atoms with Gasteiger partial charge in [0.25, 0.3) is 0 Å². The monoisotopic (exact) mass is 229 g/mol. The van der Waals surface area contributed by atoms with Crippen LogP contribution < -0.4 is 5.32 Å². The number of nitrogens with one attached hydrogen (secondary N) is 1. The highest BCUT2D eigenvalue weighted by atomic mass is 15.0. The van der Waals surface area contributed by atoms with E-state index in [1.807, 2.05) is 0 Å². The van der Waals surface area contributed by atoms with Crippen LogP contribution >= 0.6 is 0 Å². The molecular formula is C14H19N3. The zero-order valence-electron chi connectivity index (χ0n) is 10.4. The molecule has 0 aliphatic heterocycles. The maximum atomic E-state index is 5.32. The topological polar surface area (TPSA) is 37.8 Å². The van der Waals surface area contributed by atoms with Crippen molar-refractivity contribution in [2.75, 3.05) is 5.32 Å². The molecule has 0 amide bonds. The molecule has 0 spiro atoms. The number of rotatable bonds is 3. The molecule has 0 aromatic carbocycles. The molecule has 2 rings (SSSR count). The molecule has 0 radical (unpaired) electrons. The summed E-state index contributed by atoms with van der Waals surface area (Å²) in [5, 5.41) is 3.41. The summed E-state index contributed by atoms with van der Waals surface area (Å²) in [6.07, 6.45) is 13.6. The number of nitrogens with zero attached hydrogens (tertiary/aromatic N) is 2. The molecule has 1 aliphatic rings. The molecule has 1 heterocycles. The molecule has 0 bridgehead atoms. The third-order valence-corrected chi connectivity index (χ3v) is 3.18. The van der Waals surface area contributed by atoms with Crippen molar-refractivity contribution in [1.82, 2.24) is 9.97 Å². The van der Waals surface area contributed by atoms with E-state index in [0.717, 1.165) is 25.1 Å². The van der Waals surface area contributed by atoms with Crippen LogP contribution in [0.4, 0.5) is 5.82 Å². The van der Waals surface area contributed by atoms with E-state index in [9.17, 15) is 0 Å². The fraction of sp³-hybridized carbons (Fsp3) is 0.571. The van der Waals surface area contributed by atoms with Gasteiger partial charge >= 0.3 is 0 Å². The van der Waals surface area contributed by atoms with Crippen molar-refractivity contribution in [2.24, 2.45) is 0 Å². The second kappa shape index (κ2) is 5.67. The van der Waals surface area contributed by atoms with Crippen LogP contribution in [0.1, 0.15) is 43.9 Å². The van der Waals surface area contributed by atoms with Crippen molar-refractivity contribution in [3.8, 4) is 12.3 Å². The first-order valence-corrected chi connectivity index (χ1v) is 6.34. The number of hydrogen-bond acceptors (Lipinski definition) is 3. The predicted molar refractivity (Wildman–Crippen MR) is 69.8 cm³/mol. The number of aryl methyl sites for hydroxylation is 1. The summed E-state index contributed by atoms with van der Waals surface area (Å²) in [6, 6.07) is 0.266. The third-order valence-electron chi connectivity index (χ3n) is 3.18. The van der Waals surface area contributed by atoms with Crippen LogP contribution in [0.5, 0.6) is 0 Å². The van der Waals surface area contributed by atoms with Crippen LogP contribution in [0, 0.1) is 12.3 Å². The van der Waals surface area contributed by atoms with Crippen molar-refractivity contribution >= 4 is 5.82 Å². The third kappa shape index (κ3) is 2.97. The lowest BCUT2D eigenvalue weighted by molar-refractivity contribution is 0.708. The van der Waals surface area contributed by atoms with Gasteiger partial charge < -0.3 is 5.32 Å². The second-order valence-electron chi connectivity index (χ2n) is 4.66. The quantitative estimate of drug-likeness (QED) is 0.639. The molecule has 0 saturated heterocycles. The Morgan fingerprint density at radius 3 is 3.00 bits per heavy atom. The molecule has 3 nitrogen and oxygen atoms in total. The Morgan fingerprint density at radius 1 is 1.35 bits per heavy atom. The Bertz CT molecular complexity index is 420. The van der Waals surface area contributed by atoms with E-state index in [2.05, 4.69) is 28.1 Å². The van der Waals surface area contributed by atoms with E-state index >= 15 is 0 Å².